The van der Waals surface area contributed by atoms with Crippen molar-refractivity contribution in [2.45, 2.75) is 32.2 Å². The van der Waals surface area contributed by atoms with E-state index in [0.717, 1.165) is 30.5 Å². The molecule has 1 heterocycles. The van der Waals surface area contributed by atoms with Gasteiger partial charge in [0.2, 0.25) is 0 Å². The number of hydrogen-bond acceptors (Lipinski definition) is 3. The highest BCUT2D eigenvalue weighted by Crippen LogP contribution is 2.44. The van der Waals surface area contributed by atoms with E-state index in [0.29, 0.717) is 10.8 Å². The first-order chi connectivity index (χ1) is 7.99. The van der Waals surface area contributed by atoms with E-state index in [9.17, 15) is 5.11 Å². The van der Waals surface area contributed by atoms with E-state index >= 15 is 0 Å². The lowest BCUT2D eigenvalue weighted by Crippen LogP contribution is -2.33. The fourth-order valence-corrected chi connectivity index (χ4v) is 2.70. The third-order valence-electron chi connectivity index (χ3n) is 3.61. The van der Waals surface area contributed by atoms with Crippen molar-refractivity contribution in [2.75, 3.05) is 13.7 Å². The molecule has 4 heteroatoms. The first-order valence-electron chi connectivity index (χ1n) is 5.81. The molecule has 1 atom stereocenters. The quantitative estimate of drug-likeness (QED) is 0.854. The molecule has 0 aliphatic carbocycles. The van der Waals surface area contributed by atoms with Crippen LogP contribution in [-0.2, 0) is 5.54 Å². The first-order valence-corrected chi connectivity index (χ1v) is 6.19. The van der Waals surface area contributed by atoms with Crippen molar-refractivity contribution < 1.29 is 9.84 Å². The lowest BCUT2D eigenvalue weighted by atomic mass is 9.88. The molecule has 17 heavy (non-hydrogen) atoms. The summed E-state index contributed by atoms with van der Waals surface area (Å²) in [7, 11) is 1.55. The second-order valence-electron chi connectivity index (χ2n) is 4.78. The molecule has 94 valence electrons. The predicted molar refractivity (Wildman–Crippen MR) is 69.0 cm³/mol. The number of phenols is 1. The molecule has 0 aromatic heterocycles. The molecule has 1 aliphatic heterocycles. The summed E-state index contributed by atoms with van der Waals surface area (Å²) in [6.07, 6.45) is 2.09. The number of ether oxygens (including phenoxy) is 1. The van der Waals surface area contributed by atoms with Gasteiger partial charge in [0.15, 0.2) is 11.5 Å². The van der Waals surface area contributed by atoms with Gasteiger partial charge in [0.1, 0.15) is 0 Å². The molecule has 0 saturated carbocycles. The van der Waals surface area contributed by atoms with Crippen LogP contribution < -0.4 is 10.1 Å². The summed E-state index contributed by atoms with van der Waals surface area (Å²) in [5, 5.41) is 14.3. The summed E-state index contributed by atoms with van der Waals surface area (Å²) in [5.74, 6) is 0.675. The molecule has 1 unspecified atom stereocenters. The highest BCUT2D eigenvalue weighted by atomic mass is 35.5. The minimum atomic E-state index is -0.214. The van der Waals surface area contributed by atoms with E-state index in [1.807, 2.05) is 13.0 Å². The minimum absolute atomic E-state index is 0.200. The van der Waals surface area contributed by atoms with Crippen molar-refractivity contribution in [3.05, 3.63) is 22.2 Å². The molecule has 1 aromatic carbocycles. The Morgan fingerprint density at radius 1 is 1.53 bits per heavy atom. The van der Waals surface area contributed by atoms with Gasteiger partial charge in [-0.2, -0.15) is 0 Å². The summed E-state index contributed by atoms with van der Waals surface area (Å²) in [6, 6.07) is 1.84. The summed E-state index contributed by atoms with van der Waals surface area (Å²) >= 11 is 6.19. The van der Waals surface area contributed by atoms with E-state index in [1.165, 1.54) is 0 Å². The molecule has 1 aliphatic rings. The van der Waals surface area contributed by atoms with E-state index in [4.69, 9.17) is 16.3 Å². The second-order valence-corrected chi connectivity index (χ2v) is 5.18. The Balaban J connectivity index is 2.58. The third kappa shape index (κ3) is 1.98. The summed E-state index contributed by atoms with van der Waals surface area (Å²) in [4.78, 5) is 0. The van der Waals surface area contributed by atoms with Crippen LogP contribution in [0.2, 0.25) is 5.02 Å². The Bertz CT molecular complexity index is 440. The maximum atomic E-state index is 10.3. The van der Waals surface area contributed by atoms with Gasteiger partial charge in [-0.05, 0) is 39.3 Å². The number of nitrogens with one attached hydrogen (secondary N) is 1. The zero-order valence-corrected chi connectivity index (χ0v) is 11.2. The normalized spacial score (nSPS) is 24.0. The van der Waals surface area contributed by atoms with Crippen LogP contribution in [-0.4, -0.2) is 18.8 Å². The monoisotopic (exact) mass is 255 g/mol. The van der Waals surface area contributed by atoms with Gasteiger partial charge in [-0.3, -0.25) is 0 Å². The van der Waals surface area contributed by atoms with Crippen LogP contribution in [0.5, 0.6) is 11.5 Å². The molecular weight excluding hydrogens is 238 g/mol. The van der Waals surface area contributed by atoms with Crippen LogP contribution in [0.1, 0.15) is 30.9 Å². The lowest BCUT2D eigenvalue weighted by molar-refractivity contribution is 0.349. The van der Waals surface area contributed by atoms with Crippen molar-refractivity contribution in [3.63, 3.8) is 0 Å². The average Bonchev–Trinajstić information content (AvgIpc) is 2.72. The third-order valence-corrected chi connectivity index (χ3v) is 4.00. The van der Waals surface area contributed by atoms with Crippen molar-refractivity contribution in [3.8, 4) is 11.5 Å². The zero-order valence-electron chi connectivity index (χ0n) is 10.4. The van der Waals surface area contributed by atoms with Crippen molar-refractivity contribution in [1.82, 2.24) is 5.32 Å². The standard InChI is InChI=1S/C13H18ClNO2/c1-8-10(14)7-9(11(16)12(8)17-3)13(2)5-4-6-15-13/h7,15-16H,4-6H2,1-3H3. The van der Waals surface area contributed by atoms with Crippen LogP contribution >= 0.6 is 11.6 Å². The molecule has 0 spiro atoms. The van der Waals surface area contributed by atoms with E-state index in [-0.39, 0.29) is 11.3 Å². The maximum absolute atomic E-state index is 10.3. The molecule has 3 nitrogen and oxygen atoms in total. The molecule has 1 aromatic rings. The van der Waals surface area contributed by atoms with Gasteiger partial charge in [-0.25, -0.2) is 0 Å². The smallest absolute Gasteiger partial charge is 0.165 e. The van der Waals surface area contributed by atoms with Crippen molar-refractivity contribution >= 4 is 11.6 Å². The van der Waals surface area contributed by atoms with Gasteiger partial charge in [-0.15, -0.1) is 0 Å². The van der Waals surface area contributed by atoms with E-state index in [2.05, 4.69) is 12.2 Å². The Hall–Kier alpha value is -0.930. The van der Waals surface area contributed by atoms with Gasteiger partial charge in [-0.1, -0.05) is 11.6 Å². The van der Waals surface area contributed by atoms with Gasteiger partial charge < -0.3 is 15.2 Å². The van der Waals surface area contributed by atoms with Gasteiger partial charge in [0, 0.05) is 21.7 Å². The second kappa shape index (κ2) is 4.39. The van der Waals surface area contributed by atoms with E-state index < -0.39 is 0 Å². The average molecular weight is 256 g/mol. The summed E-state index contributed by atoms with van der Waals surface area (Å²) in [5.41, 5.74) is 1.38. The van der Waals surface area contributed by atoms with Crippen LogP contribution in [0.3, 0.4) is 0 Å². The van der Waals surface area contributed by atoms with Crippen LogP contribution in [0, 0.1) is 6.92 Å². The number of methoxy groups -OCH3 is 1. The first kappa shape index (κ1) is 12.5. The van der Waals surface area contributed by atoms with Crippen LogP contribution in [0.15, 0.2) is 6.07 Å². The summed E-state index contributed by atoms with van der Waals surface area (Å²) < 4.78 is 5.24. The molecule has 0 radical (unpaired) electrons. The number of benzene rings is 1. The Kier molecular flexibility index (Phi) is 3.23. The van der Waals surface area contributed by atoms with Gasteiger partial charge in [0.25, 0.3) is 0 Å². The number of rotatable bonds is 2. The largest absolute Gasteiger partial charge is 0.504 e. The number of halogens is 1. The zero-order chi connectivity index (χ0) is 12.6. The Morgan fingerprint density at radius 3 is 2.76 bits per heavy atom. The van der Waals surface area contributed by atoms with Crippen molar-refractivity contribution in [2.24, 2.45) is 0 Å². The number of phenolic OH excluding ortho intramolecular Hbond substituents is 1. The van der Waals surface area contributed by atoms with Crippen LogP contribution in [0.4, 0.5) is 0 Å². The molecule has 1 saturated heterocycles. The van der Waals surface area contributed by atoms with Crippen LogP contribution in [0.25, 0.3) is 0 Å². The number of aromatic hydroxyl groups is 1. The molecular formula is C13H18ClNO2. The minimum Gasteiger partial charge on any atom is -0.504 e. The predicted octanol–water partition coefficient (Wildman–Crippen LogP) is 2.96. The Labute approximate surface area is 107 Å². The van der Waals surface area contributed by atoms with Crippen molar-refractivity contribution in [1.29, 1.82) is 0 Å². The Morgan fingerprint density at radius 2 is 2.24 bits per heavy atom. The van der Waals surface area contributed by atoms with E-state index in [1.54, 1.807) is 7.11 Å². The maximum Gasteiger partial charge on any atom is 0.165 e. The molecule has 0 bridgehead atoms. The van der Waals surface area contributed by atoms with Gasteiger partial charge in [0.05, 0.1) is 7.11 Å². The highest BCUT2D eigenvalue weighted by molar-refractivity contribution is 6.31. The molecule has 2 N–H and O–H groups in total. The SMILES string of the molecule is COc1c(C)c(Cl)cc(C2(C)CCCN2)c1O. The molecule has 0 amide bonds. The fraction of sp³-hybridized carbons (Fsp3) is 0.538. The molecule has 1 fully saturated rings. The molecule has 2 rings (SSSR count). The number of hydrogen-bond donors (Lipinski definition) is 2. The lowest BCUT2D eigenvalue weighted by Gasteiger charge is -2.27. The van der Waals surface area contributed by atoms with Gasteiger partial charge >= 0.3 is 0 Å². The summed E-state index contributed by atoms with van der Waals surface area (Å²) in [6.45, 7) is 4.89. The topological polar surface area (TPSA) is 41.5 Å². The fourth-order valence-electron chi connectivity index (χ4n) is 2.51. The highest BCUT2D eigenvalue weighted by Gasteiger charge is 2.34.